The lowest BCUT2D eigenvalue weighted by Crippen LogP contribution is -2.78. The lowest BCUT2D eigenvalue weighted by Gasteiger charge is -2.72. The Hall–Kier alpha value is -0.740. The van der Waals surface area contributed by atoms with Gasteiger partial charge in [-0.25, -0.2) is 0 Å². The lowest BCUT2D eigenvalue weighted by molar-refractivity contribution is -0.355. The Morgan fingerprint density at radius 3 is 2.00 bits per heavy atom. The molecular weight excluding hydrogens is 195 g/mol. The molecule has 0 aliphatic heterocycles. The number of carbonyl (C=O) groups is 1. The van der Waals surface area contributed by atoms with E-state index in [1.165, 1.54) is 11.8 Å². The highest BCUT2D eigenvalue weighted by Crippen LogP contribution is 2.75. The summed E-state index contributed by atoms with van der Waals surface area (Å²) in [6.45, 7) is 1.39. The van der Waals surface area contributed by atoms with E-state index in [9.17, 15) is 18.0 Å². The zero-order valence-corrected chi connectivity index (χ0v) is 8.11. The molecule has 0 aromatic rings. The Morgan fingerprint density at radius 2 is 1.71 bits per heavy atom. The van der Waals surface area contributed by atoms with Crippen LogP contribution in [0.4, 0.5) is 13.2 Å². The van der Waals surface area contributed by atoms with Gasteiger partial charge in [-0.05, 0) is 19.3 Å². The Labute approximate surface area is 80.1 Å². The van der Waals surface area contributed by atoms with Crippen LogP contribution < -0.4 is 0 Å². The van der Waals surface area contributed by atoms with E-state index in [1.807, 2.05) is 0 Å². The maximum atomic E-state index is 12.5. The Kier molecular flexibility index (Phi) is 1.58. The van der Waals surface area contributed by atoms with Crippen molar-refractivity contribution in [2.75, 3.05) is 7.05 Å². The summed E-state index contributed by atoms with van der Waals surface area (Å²) in [5.41, 5.74) is -1.93. The molecule has 0 aromatic heterocycles. The topological polar surface area (TPSA) is 20.3 Å². The van der Waals surface area contributed by atoms with Crippen LogP contribution in [0.3, 0.4) is 0 Å². The predicted molar refractivity (Wildman–Crippen MR) is 43.5 cm³/mol. The van der Waals surface area contributed by atoms with Crippen molar-refractivity contribution in [3.05, 3.63) is 0 Å². The minimum Gasteiger partial charge on any atom is -0.340 e. The van der Waals surface area contributed by atoms with Crippen LogP contribution in [0.25, 0.3) is 0 Å². The molecule has 3 fully saturated rings. The molecule has 0 radical (unpaired) electrons. The van der Waals surface area contributed by atoms with Crippen LogP contribution >= 0.6 is 0 Å². The van der Waals surface area contributed by atoms with Gasteiger partial charge < -0.3 is 4.90 Å². The zero-order valence-electron chi connectivity index (χ0n) is 8.11. The van der Waals surface area contributed by atoms with E-state index in [2.05, 4.69) is 0 Å². The molecule has 0 heterocycles. The minimum atomic E-state index is -4.09. The molecule has 2 nitrogen and oxygen atoms in total. The first kappa shape index (κ1) is 9.80. The van der Waals surface area contributed by atoms with Crippen LogP contribution in [0.5, 0.6) is 0 Å². The first-order chi connectivity index (χ1) is 6.23. The van der Waals surface area contributed by atoms with E-state index >= 15 is 0 Å². The molecule has 0 unspecified atom stereocenters. The van der Waals surface area contributed by atoms with E-state index in [0.29, 0.717) is 0 Å². The van der Waals surface area contributed by atoms with Crippen molar-refractivity contribution in [3.8, 4) is 0 Å². The summed E-state index contributed by atoms with van der Waals surface area (Å²) in [6.07, 6.45) is -3.80. The van der Waals surface area contributed by atoms with E-state index in [-0.39, 0.29) is 25.2 Å². The van der Waals surface area contributed by atoms with Crippen molar-refractivity contribution >= 4 is 5.91 Å². The normalized spacial score (nSPS) is 39.8. The van der Waals surface area contributed by atoms with Crippen molar-refractivity contribution in [2.24, 2.45) is 5.41 Å². The summed E-state index contributed by atoms with van der Waals surface area (Å²) in [5.74, 6) is -0.152. The summed E-state index contributed by atoms with van der Waals surface area (Å²) in [5, 5.41) is 0. The largest absolute Gasteiger partial charge is 0.394 e. The predicted octanol–water partition coefficient (Wildman–Crippen LogP) is 1.95. The number of alkyl halides is 3. The molecule has 0 aromatic carbocycles. The molecule has 0 atom stereocenters. The number of amides is 1. The van der Waals surface area contributed by atoms with E-state index in [4.69, 9.17) is 0 Å². The third-order valence-electron chi connectivity index (χ3n) is 3.79. The van der Waals surface area contributed by atoms with Gasteiger partial charge in [0.25, 0.3) is 0 Å². The van der Waals surface area contributed by atoms with Crippen molar-refractivity contribution in [2.45, 2.75) is 37.9 Å². The van der Waals surface area contributed by atoms with Crippen molar-refractivity contribution in [3.63, 3.8) is 0 Å². The molecule has 14 heavy (non-hydrogen) atoms. The third kappa shape index (κ3) is 0.902. The van der Waals surface area contributed by atoms with Gasteiger partial charge in [-0.1, -0.05) is 0 Å². The Morgan fingerprint density at radius 1 is 1.29 bits per heavy atom. The molecule has 3 aliphatic carbocycles. The van der Waals surface area contributed by atoms with Crippen molar-refractivity contribution in [1.29, 1.82) is 0 Å². The molecular formula is C9H12F3NO. The van der Waals surface area contributed by atoms with Crippen LogP contribution in [0.2, 0.25) is 0 Å². The fourth-order valence-electron chi connectivity index (χ4n) is 2.72. The molecule has 0 spiro atoms. The number of rotatable bonds is 1. The SMILES string of the molecule is CC(=O)N(C)C12CC(C(F)(F)F)(C1)C2. The molecule has 0 saturated heterocycles. The Balaban J connectivity index is 2.04. The first-order valence-electron chi connectivity index (χ1n) is 4.54. The van der Waals surface area contributed by atoms with Gasteiger partial charge in [-0.15, -0.1) is 0 Å². The van der Waals surface area contributed by atoms with Crippen LogP contribution in [-0.4, -0.2) is 29.6 Å². The van der Waals surface area contributed by atoms with E-state index in [1.54, 1.807) is 7.05 Å². The second-order valence-electron chi connectivity index (χ2n) is 4.61. The average Bonchev–Trinajstić information content (AvgIpc) is 1.76. The number of carbonyl (C=O) groups excluding carboxylic acids is 1. The van der Waals surface area contributed by atoms with Gasteiger partial charge in [0.1, 0.15) is 0 Å². The van der Waals surface area contributed by atoms with Gasteiger partial charge in [0.2, 0.25) is 5.91 Å². The molecule has 5 heteroatoms. The second kappa shape index (κ2) is 2.25. The van der Waals surface area contributed by atoms with Crippen LogP contribution in [-0.2, 0) is 4.79 Å². The monoisotopic (exact) mass is 207 g/mol. The standard InChI is InChI=1S/C9H12F3NO/c1-6(14)13(2)8-3-7(4-8,5-8)9(10,11)12/h3-5H2,1-2H3. The molecule has 0 N–H and O–H groups in total. The fraction of sp³-hybridized carbons (Fsp3) is 0.889. The number of hydrogen-bond donors (Lipinski definition) is 0. The quantitative estimate of drug-likeness (QED) is 0.643. The summed E-state index contributed by atoms with van der Waals surface area (Å²) in [6, 6.07) is 0. The zero-order chi connectivity index (χ0) is 10.8. The first-order valence-corrected chi connectivity index (χ1v) is 4.54. The number of nitrogens with zero attached hydrogens (tertiary/aromatic N) is 1. The third-order valence-corrected chi connectivity index (χ3v) is 3.79. The highest BCUT2D eigenvalue weighted by atomic mass is 19.4. The summed E-state index contributed by atoms with van der Waals surface area (Å²) in [4.78, 5) is 12.5. The fourth-order valence-corrected chi connectivity index (χ4v) is 2.72. The van der Waals surface area contributed by atoms with Crippen molar-refractivity contribution < 1.29 is 18.0 Å². The number of halogens is 3. The van der Waals surface area contributed by atoms with Gasteiger partial charge in [-0.3, -0.25) is 4.79 Å². The summed E-state index contributed by atoms with van der Waals surface area (Å²) in [7, 11) is 1.59. The van der Waals surface area contributed by atoms with Gasteiger partial charge in [-0.2, -0.15) is 13.2 Å². The second-order valence-corrected chi connectivity index (χ2v) is 4.61. The Bertz CT molecular complexity index is 277. The average molecular weight is 207 g/mol. The highest BCUT2D eigenvalue weighted by molar-refractivity contribution is 5.74. The lowest BCUT2D eigenvalue weighted by atomic mass is 9.38. The van der Waals surface area contributed by atoms with Crippen LogP contribution in [0, 0.1) is 5.41 Å². The summed E-state index contributed by atoms with van der Waals surface area (Å²) < 4.78 is 37.4. The van der Waals surface area contributed by atoms with E-state index < -0.39 is 17.1 Å². The highest BCUT2D eigenvalue weighted by Gasteiger charge is 2.80. The molecule has 3 saturated carbocycles. The van der Waals surface area contributed by atoms with Gasteiger partial charge in [0, 0.05) is 19.5 Å². The van der Waals surface area contributed by atoms with Gasteiger partial charge in [0.15, 0.2) is 0 Å². The molecule has 1 amide bonds. The van der Waals surface area contributed by atoms with Gasteiger partial charge >= 0.3 is 6.18 Å². The molecule has 80 valence electrons. The minimum absolute atomic E-state index is 0.0968. The summed E-state index contributed by atoms with van der Waals surface area (Å²) >= 11 is 0. The molecule has 2 bridgehead atoms. The maximum absolute atomic E-state index is 12.5. The van der Waals surface area contributed by atoms with E-state index in [0.717, 1.165) is 0 Å². The molecule has 3 aliphatic rings. The van der Waals surface area contributed by atoms with Gasteiger partial charge in [0.05, 0.1) is 5.41 Å². The van der Waals surface area contributed by atoms with Crippen molar-refractivity contribution in [1.82, 2.24) is 4.90 Å². The molecule has 3 rings (SSSR count). The maximum Gasteiger partial charge on any atom is 0.394 e. The number of hydrogen-bond acceptors (Lipinski definition) is 1. The smallest absolute Gasteiger partial charge is 0.340 e. The van der Waals surface area contributed by atoms with Crippen LogP contribution in [0.1, 0.15) is 26.2 Å². The van der Waals surface area contributed by atoms with Crippen LogP contribution in [0.15, 0.2) is 0 Å².